The molecule has 0 spiro atoms. The third kappa shape index (κ3) is 4.33. The van der Waals surface area contributed by atoms with Crippen LogP contribution in [0.1, 0.15) is 25.8 Å². The SMILES string of the molecule is CC(C)CC1CN=C(NCCc2cccnc2)S1. The van der Waals surface area contributed by atoms with Crippen LogP contribution in [0.3, 0.4) is 0 Å². The third-order valence-corrected chi connectivity index (χ3v) is 4.04. The number of pyridine rings is 1. The van der Waals surface area contributed by atoms with E-state index in [1.54, 1.807) is 0 Å². The maximum absolute atomic E-state index is 4.55. The molecule has 18 heavy (non-hydrogen) atoms. The van der Waals surface area contributed by atoms with Gasteiger partial charge in [0.25, 0.3) is 0 Å². The van der Waals surface area contributed by atoms with Gasteiger partial charge in [0, 0.05) is 24.2 Å². The highest BCUT2D eigenvalue weighted by Crippen LogP contribution is 2.25. The van der Waals surface area contributed by atoms with E-state index in [0.29, 0.717) is 5.25 Å². The van der Waals surface area contributed by atoms with Crippen LogP contribution in [0.4, 0.5) is 0 Å². The molecule has 1 atom stereocenters. The van der Waals surface area contributed by atoms with Gasteiger partial charge in [-0.2, -0.15) is 0 Å². The summed E-state index contributed by atoms with van der Waals surface area (Å²) < 4.78 is 0. The Morgan fingerprint density at radius 2 is 2.39 bits per heavy atom. The van der Waals surface area contributed by atoms with Gasteiger partial charge >= 0.3 is 0 Å². The van der Waals surface area contributed by atoms with Gasteiger partial charge in [0.15, 0.2) is 5.17 Å². The first-order chi connectivity index (χ1) is 8.74. The molecule has 1 unspecified atom stereocenters. The molecule has 3 nitrogen and oxygen atoms in total. The Bertz CT molecular complexity index is 389. The molecule has 0 bridgehead atoms. The zero-order valence-electron chi connectivity index (χ0n) is 11.1. The first kappa shape index (κ1) is 13.4. The Morgan fingerprint density at radius 3 is 3.11 bits per heavy atom. The fourth-order valence-electron chi connectivity index (χ4n) is 2.02. The van der Waals surface area contributed by atoms with Gasteiger partial charge in [0.1, 0.15) is 0 Å². The molecule has 4 heteroatoms. The van der Waals surface area contributed by atoms with Gasteiger partial charge in [-0.3, -0.25) is 9.98 Å². The summed E-state index contributed by atoms with van der Waals surface area (Å²) in [5, 5.41) is 5.21. The van der Waals surface area contributed by atoms with Crippen LogP contribution in [0.25, 0.3) is 0 Å². The number of thioether (sulfide) groups is 1. The van der Waals surface area contributed by atoms with Crippen molar-refractivity contribution in [3.05, 3.63) is 30.1 Å². The van der Waals surface area contributed by atoms with Crippen LogP contribution in [0, 0.1) is 5.92 Å². The molecular weight excluding hydrogens is 242 g/mol. The molecule has 1 N–H and O–H groups in total. The zero-order valence-corrected chi connectivity index (χ0v) is 11.9. The van der Waals surface area contributed by atoms with E-state index in [0.717, 1.165) is 30.6 Å². The lowest BCUT2D eigenvalue weighted by Crippen LogP contribution is -2.22. The number of aromatic nitrogens is 1. The number of nitrogens with zero attached hydrogens (tertiary/aromatic N) is 2. The quantitative estimate of drug-likeness (QED) is 0.887. The lowest BCUT2D eigenvalue weighted by atomic mass is 10.1. The molecular formula is C14H21N3S. The Labute approximate surface area is 113 Å². The molecule has 98 valence electrons. The second-order valence-corrected chi connectivity index (χ2v) is 6.34. The van der Waals surface area contributed by atoms with Crippen molar-refractivity contribution in [1.82, 2.24) is 10.3 Å². The van der Waals surface area contributed by atoms with Crippen molar-refractivity contribution < 1.29 is 0 Å². The largest absolute Gasteiger partial charge is 0.365 e. The Kier molecular flexibility index (Phi) is 5.05. The summed E-state index contributed by atoms with van der Waals surface area (Å²) in [6.45, 7) is 6.45. The van der Waals surface area contributed by atoms with Crippen molar-refractivity contribution in [3.63, 3.8) is 0 Å². The maximum atomic E-state index is 4.55. The number of hydrogen-bond acceptors (Lipinski definition) is 4. The van der Waals surface area contributed by atoms with Crippen molar-refractivity contribution >= 4 is 16.9 Å². The molecule has 1 aromatic rings. The van der Waals surface area contributed by atoms with E-state index in [4.69, 9.17) is 0 Å². The predicted octanol–water partition coefficient (Wildman–Crippen LogP) is 2.73. The highest BCUT2D eigenvalue weighted by atomic mass is 32.2. The van der Waals surface area contributed by atoms with E-state index in [9.17, 15) is 0 Å². The Hall–Kier alpha value is -1.03. The predicted molar refractivity (Wildman–Crippen MR) is 79.1 cm³/mol. The number of aliphatic imine (C=N–C) groups is 1. The van der Waals surface area contributed by atoms with Crippen LogP contribution in [-0.2, 0) is 6.42 Å². The van der Waals surface area contributed by atoms with E-state index in [2.05, 4.69) is 35.2 Å². The van der Waals surface area contributed by atoms with Gasteiger partial charge in [-0.15, -0.1) is 0 Å². The normalized spacial score (nSPS) is 19.1. The van der Waals surface area contributed by atoms with Crippen LogP contribution in [0.15, 0.2) is 29.5 Å². The monoisotopic (exact) mass is 263 g/mol. The van der Waals surface area contributed by atoms with Gasteiger partial charge in [0.05, 0.1) is 6.54 Å². The van der Waals surface area contributed by atoms with E-state index in [-0.39, 0.29) is 0 Å². The van der Waals surface area contributed by atoms with Gasteiger partial charge in [-0.1, -0.05) is 31.7 Å². The fraction of sp³-hybridized carbons (Fsp3) is 0.571. The second-order valence-electron chi connectivity index (χ2n) is 5.05. The fourth-order valence-corrected chi connectivity index (χ4v) is 3.30. The van der Waals surface area contributed by atoms with Crippen LogP contribution in [0.5, 0.6) is 0 Å². The second kappa shape index (κ2) is 6.78. The average Bonchev–Trinajstić information content (AvgIpc) is 2.77. The molecule has 0 saturated carbocycles. The molecule has 1 aromatic heterocycles. The first-order valence-corrected chi connectivity index (χ1v) is 7.46. The van der Waals surface area contributed by atoms with Crippen molar-refractivity contribution in [2.24, 2.45) is 10.9 Å². The highest BCUT2D eigenvalue weighted by molar-refractivity contribution is 8.14. The van der Waals surface area contributed by atoms with Crippen LogP contribution >= 0.6 is 11.8 Å². The minimum absolute atomic E-state index is 0.672. The van der Waals surface area contributed by atoms with Crippen molar-refractivity contribution in [2.75, 3.05) is 13.1 Å². The number of hydrogen-bond donors (Lipinski definition) is 1. The standard InChI is InChI=1S/C14H21N3S/c1-11(2)8-13-10-17-14(18-13)16-7-5-12-4-3-6-15-9-12/h3-4,6,9,11,13H,5,7-8,10H2,1-2H3,(H,16,17). The van der Waals surface area contributed by atoms with E-state index < -0.39 is 0 Å². The number of rotatable bonds is 5. The van der Waals surface area contributed by atoms with Gasteiger partial charge in [0.2, 0.25) is 0 Å². The number of amidine groups is 1. The van der Waals surface area contributed by atoms with Gasteiger partial charge in [-0.05, 0) is 30.4 Å². The van der Waals surface area contributed by atoms with Gasteiger partial charge < -0.3 is 5.32 Å². The van der Waals surface area contributed by atoms with Crippen LogP contribution in [-0.4, -0.2) is 28.5 Å². The molecule has 0 aromatic carbocycles. The Morgan fingerprint density at radius 1 is 1.50 bits per heavy atom. The molecule has 2 heterocycles. The summed E-state index contributed by atoms with van der Waals surface area (Å²) in [6.07, 6.45) is 5.99. The average molecular weight is 263 g/mol. The third-order valence-electron chi connectivity index (χ3n) is 2.86. The van der Waals surface area contributed by atoms with Crippen molar-refractivity contribution in [2.45, 2.75) is 31.9 Å². The zero-order chi connectivity index (χ0) is 12.8. The summed E-state index contributed by atoms with van der Waals surface area (Å²) in [4.78, 5) is 8.67. The molecule has 0 fully saturated rings. The minimum atomic E-state index is 0.672. The molecule has 2 rings (SSSR count). The molecule has 0 aliphatic carbocycles. The van der Waals surface area contributed by atoms with E-state index in [1.165, 1.54) is 12.0 Å². The smallest absolute Gasteiger partial charge is 0.156 e. The van der Waals surface area contributed by atoms with E-state index in [1.807, 2.05) is 30.2 Å². The van der Waals surface area contributed by atoms with Crippen LogP contribution in [0.2, 0.25) is 0 Å². The first-order valence-electron chi connectivity index (χ1n) is 6.58. The lowest BCUT2D eigenvalue weighted by molar-refractivity contribution is 0.575. The van der Waals surface area contributed by atoms with E-state index >= 15 is 0 Å². The molecule has 1 aliphatic rings. The van der Waals surface area contributed by atoms with Crippen LogP contribution < -0.4 is 5.32 Å². The molecule has 0 saturated heterocycles. The summed E-state index contributed by atoms with van der Waals surface area (Å²) in [5.41, 5.74) is 1.27. The summed E-state index contributed by atoms with van der Waals surface area (Å²) in [5.74, 6) is 0.757. The Balaban J connectivity index is 1.66. The topological polar surface area (TPSA) is 37.3 Å². The number of nitrogens with one attached hydrogen (secondary N) is 1. The molecule has 0 amide bonds. The summed E-state index contributed by atoms with van der Waals surface area (Å²) in [6, 6.07) is 4.09. The van der Waals surface area contributed by atoms with Crippen molar-refractivity contribution in [3.8, 4) is 0 Å². The maximum Gasteiger partial charge on any atom is 0.156 e. The van der Waals surface area contributed by atoms with Crippen molar-refractivity contribution in [1.29, 1.82) is 0 Å². The minimum Gasteiger partial charge on any atom is -0.365 e. The highest BCUT2D eigenvalue weighted by Gasteiger charge is 2.19. The van der Waals surface area contributed by atoms with Gasteiger partial charge in [-0.25, -0.2) is 0 Å². The molecule has 1 aliphatic heterocycles. The molecule has 0 radical (unpaired) electrons. The summed E-state index contributed by atoms with van der Waals surface area (Å²) in [7, 11) is 0. The lowest BCUT2D eigenvalue weighted by Gasteiger charge is -2.11. The summed E-state index contributed by atoms with van der Waals surface area (Å²) >= 11 is 1.90.